The van der Waals surface area contributed by atoms with E-state index in [1.54, 1.807) is 11.8 Å². The summed E-state index contributed by atoms with van der Waals surface area (Å²) in [4.78, 5) is 7.75. The van der Waals surface area contributed by atoms with Crippen LogP contribution in [0.3, 0.4) is 0 Å². The third kappa shape index (κ3) is 3.81. The first kappa shape index (κ1) is 13.0. The summed E-state index contributed by atoms with van der Waals surface area (Å²) < 4.78 is 13.6. The van der Waals surface area contributed by atoms with Gasteiger partial charge in [-0.1, -0.05) is 13.0 Å². The van der Waals surface area contributed by atoms with E-state index in [2.05, 4.69) is 21.9 Å². The lowest BCUT2D eigenvalue weighted by Gasteiger charge is -2.07. The minimum atomic E-state index is -0.335. The number of hydrogen-bond acceptors (Lipinski definition) is 4. The molecule has 16 heavy (non-hydrogen) atoms. The van der Waals surface area contributed by atoms with Gasteiger partial charge in [0.1, 0.15) is 6.33 Å². The SMILES string of the molecule is C=CCSCCNc1ncnc(CC)c1F. The molecule has 0 fully saturated rings. The minimum absolute atomic E-state index is 0.297. The first-order chi connectivity index (χ1) is 7.79. The van der Waals surface area contributed by atoms with Crippen molar-refractivity contribution >= 4 is 17.6 Å². The van der Waals surface area contributed by atoms with Crippen LogP contribution in [0.5, 0.6) is 0 Å². The summed E-state index contributed by atoms with van der Waals surface area (Å²) in [5.74, 6) is 1.77. The predicted octanol–water partition coefficient (Wildman–Crippen LogP) is 2.51. The van der Waals surface area contributed by atoms with Crippen LogP contribution < -0.4 is 5.32 Å². The number of halogens is 1. The Morgan fingerprint density at radius 2 is 2.38 bits per heavy atom. The van der Waals surface area contributed by atoms with Crippen molar-refractivity contribution < 1.29 is 4.39 Å². The van der Waals surface area contributed by atoms with Crippen molar-refractivity contribution in [2.24, 2.45) is 0 Å². The lowest BCUT2D eigenvalue weighted by atomic mass is 10.3. The van der Waals surface area contributed by atoms with Crippen LogP contribution in [0.1, 0.15) is 12.6 Å². The molecule has 0 aromatic carbocycles. The molecular weight excluding hydrogens is 225 g/mol. The Labute approximate surface area is 99.6 Å². The van der Waals surface area contributed by atoms with Gasteiger partial charge in [0.05, 0.1) is 5.69 Å². The van der Waals surface area contributed by atoms with Crippen molar-refractivity contribution in [3.63, 3.8) is 0 Å². The fraction of sp³-hybridized carbons (Fsp3) is 0.455. The summed E-state index contributed by atoms with van der Waals surface area (Å²) in [7, 11) is 0. The third-order valence-corrected chi connectivity index (χ3v) is 2.94. The van der Waals surface area contributed by atoms with Crippen molar-refractivity contribution in [1.29, 1.82) is 0 Å². The molecule has 1 rings (SSSR count). The van der Waals surface area contributed by atoms with Crippen LogP contribution in [0.4, 0.5) is 10.2 Å². The molecule has 0 saturated heterocycles. The molecule has 0 atom stereocenters. The Balaban J connectivity index is 2.44. The summed E-state index contributed by atoms with van der Waals surface area (Å²) in [5, 5.41) is 2.97. The monoisotopic (exact) mass is 241 g/mol. The molecule has 0 unspecified atom stereocenters. The summed E-state index contributed by atoms with van der Waals surface area (Å²) in [5.41, 5.74) is 0.455. The normalized spacial score (nSPS) is 10.1. The molecule has 1 N–H and O–H groups in total. The molecule has 0 amide bonds. The van der Waals surface area contributed by atoms with E-state index >= 15 is 0 Å². The maximum Gasteiger partial charge on any atom is 0.186 e. The molecule has 0 aliphatic heterocycles. The van der Waals surface area contributed by atoms with Gasteiger partial charge in [-0.3, -0.25) is 0 Å². The highest BCUT2D eigenvalue weighted by Crippen LogP contribution is 2.13. The van der Waals surface area contributed by atoms with Crippen molar-refractivity contribution in [1.82, 2.24) is 9.97 Å². The molecule has 5 heteroatoms. The molecule has 1 aromatic rings. The van der Waals surface area contributed by atoms with E-state index in [0.717, 1.165) is 11.5 Å². The van der Waals surface area contributed by atoms with Gasteiger partial charge in [-0.25, -0.2) is 14.4 Å². The Morgan fingerprint density at radius 3 is 3.06 bits per heavy atom. The van der Waals surface area contributed by atoms with Gasteiger partial charge in [-0.15, -0.1) is 6.58 Å². The Morgan fingerprint density at radius 1 is 1.56 bits per heavy atom. The van der Waals surface area contributed by atoms with Gasteiger partial charge in [0.15, 0.2) is 11.6 Å². The standard InChI is InChI=1S/C11H16FN3S/c1-3-6-16-7-5-13-11-10(12)9(4-2)14-8-15-11/h3,8H,1,4-7H2,2H3,(H,13,14,15). The van der Waals surface area contributed by atoms with Crippen LogP contribution in [-0.4, -0.2) is 28.0 Å². The highest BCUT2D eigenvalue weighted by Gasteiger charge is 2.08. The summed E-state index contributed by atoms with van der Waals surface area (Å²) in [6.45, 7) is 6.19. The molecule has 0 bridgehead atoms. The second kappa shape index (κ2) is 7.22. The molecular formula is C11H16FN3S. The molecule has 0 radical (unpaired) electrons. The zero-order valence-corrected chi connectivity index (χ0v) is 10.2. The smallest absolute Gasteiger partial charge is 0.186 e. The summed E-state index contributed by atoms with van der Waals surface area (Å²) >= 11 is 1.74. The zero-order valence-electron chi connectivity index (χ0n) is 9.37. The Bertz CT molecular complexity index is 344. The first-order valence-corrected chi connectivity index (χ1v) is 6.37. The molecule has 88 valence electrons. The number of anilines is 1. The van der Waals surface area contributed by atoms with Crippen LogP contribution >= 0.6 is 11.8 Å². The van der Waals surface area contributed by atoms with Gasteiger partial charge >= 0.3 is 0 Å². The van der Waals surface area contributed by atoms with Crippen molar-refractivity contribution in [3.05, 3.63) is 30.5 Å². The Hall–Kier alpha value is -1.10. The van der Waals surface area contributed by atoms with E-state index in [1.807, 2.05) is 13.0 Å². The molecule has 3 nitrogen and oxygen atoms in total. The average molecular weight is 241 g/mol. The van der Waals surface area contributed by atoms with Crippen LogP contribution in [0.25, 0.3) is 0 Å². The van der Waals surface area contributed by atoms with Gasteiger partial charge in [0, 0.05) is 18.1 Å². The van der Waals surface area contributed by atoms with Gasteiger partial charge in [-0.2, -0.15) is 11.8 Å². The third-order valence-electron chi connectivity index (χ3n) is 1.97. The number of aromatic nitrogens is 2. The number of nitrogens with zero attached hydrogens (tertiary/aromatic N) is 2. The summed E-state index contributed by atoms with van der Waals surface area (Å²) in [6.07, 6.45) is 3.82. The average Bonchev–Trinajstić information content (AvgIpc) is 2.31. The van der Waals surface area contributed by atoms with E-state index in [1.165, 1.54) is 6.33 Å². The molecule has 1 heterocycles. The van der Waals surface area contributed by atoms with Crippen LogP contribution in [0.2, 0.25) is 0 Å². The second-order valence-electron chi connectivity index (χ2n) is 3.13. The van der Waals surface area contributed by atoms with Crippen LogP contribution in [0, 0.1) is 5.82 Å². The first-order valence-electron chi connectivity index (χ1n) is 5.21. The van der Waals surface area contributed by atoms with Gasteiger partial charge in [0.2, 0.25) is 0 Å². The van der Waals surface area contributed by atoms with E-state index < -0.39 is 0 Å². The highest BCUT2D eigenvalue weighted by molar-refractivity contribution is 7.99. The van der Waals surface area contributed by atoms with Gasteiger partial charge in [-0.05, 0) is 6.42 Å². The number of thioether (sulfide) groups is 1. The van der Waals surface area contributed by atoms with Gasteiger partial charge in [0.25, 0.3) is 0 Å². The Kier molecular flexibility index (Phi) is 5.85. The fourth-order valence-electron chi connectivity index (χ4n) is 1.18. The number of nitrogens with one attached hydrogen (secondary N) is 1. The van der Waals surface area contributed by atoms with E-state index in [4.69, 9.17) is 0 Å². The predicted molar refractivity (Wildman–Crippen MR) is 67.4 cm³/mol. The lowest BCUT2D eigenvalue weighted by molar-refractivity contribution is 0.597. The quantitative estimate of drug-likeness (QED) is 0.588. The van der Waals surface area contributed by atoms with E-state index in [0.29, 0.717) is 24.5 Å². The molecule has 0 aliphatic rings. The largest absolute Gasteiger partial charge is 0.367 e. The second-order valence-corrected chi connectivity index (χ2v) is 4.28. The van der Waals surface area contributed by atoms with E-state index in [-0.39, 0.29) is 5.82 Å². The van der Waals surface area contributed by atoms with Gasteiger partial charge < -0.3 is 5.32 Å². The van der Waals surface area contributed by atoms with Crippen molar-refractivity contribution in [2.75, 3.05) is 23.4 Å². The topological polar surface area (TPSA) is 37.8 Å². The molecule has 0 spiro atoms. The fourth-order valence-corrected chi connectivity index (χ4v) is 1.76. The molecule has 1 aromatic heterocycles. The number of rotatable bonds is 7. The maximum absolute atomic E-state index is 13.6. The van der Waals surface area contributed by atoms with Crippen molar-refractivity contribution in [3.8, 4) is 0 Å². The number of hydrogen-bond donors (Lipinski definition) is 1. The van der Waals surface area contributed by atoms with Crippen LogP contribution in [0.15, 0.2) is 19.0 Å². The molecule has 0 aliphatic carbocycles. The minimum Gasteiger partial charge on any atom is -0.367 e. The summed E-state index contributed by atoms with van der Waals surface area (Å²) in [6, 6.07) is 0. The zero-order chi connectivity index (χ0) is 11.8. The number of aryl methyl sites for hydroxylation is 1. The molecule has 0 saturated carbocycles. The van der Waals surface area contributed by atoms with Crippen molar-refractivity contribution in [2.45, 2.75) is 13.3 Å². The van der Waals surface area contributed by atoms with E-state index in [9.17, 15) is 4.39 Å². The lowest BCUT2D eigenvalue weighted by Crippen LogP contribution is -2.09. The highest BCUT2D eigenvalue weighted by atomic mass is 32.2. The maximum atomic E-state index is 13.6. The van der Waals surface area contributed by atoms with Crippen LogP contribution in [-0.2, 0) is 6.42 Å².